The fourth-order valence-corrected chi connectivity index (χ4v) is 3.82. The van der Waals surface area contributed by atoms with Crippen LogP contribution < -0.4 is 21.9 Å². The van der Waals surface area contributed by atoms with E-state index in [2.05, 4.69) is 28.5 Å². The molecule has 0 bridgehead atoms. The van der Waals surface area contributed by atoms with Gasteiger partial charge < -0.3 is 21.5 Å². The summed E-state index contributed by atoms with van der Waals surface area (Å²) in [6, 6.07) is 17.2. The van der Waals surface area contributed by atoms with Gasteiger partial charge in [0.25, 0.3) is 0 Å². The molecular weight excluding hydrogens is 374 g/mol. The monoisotopic (exact) mass is 398 g/mol. The molecule has 6 nitrogen and oxygen atoms in total. The van der Waals surface area contributed by atoms with Crippen molar-refractivity contribution in [3.05, 3.63) is 70.1 Å². The van der Waals surface area contributed by atoms with Crippen LogP contribution in [-0.2, 0) is 0 Å². The van der Waals surface area contributed by atoms with Gasteiger partial charge in [-0.3, -0.25) is 4.90 Å². The first-order chi connectivity index (χ1) is 13.4. The molecule has 2 aromatic rings. The molecule has 0 amide bonds. The Kier molecular flexibility index (Phi) is 6.22. The molecule has 0 aliphatic carbocycles. The number of hydrogen-bond donors (Lipinski definition) is 3. The molecule has 0 saturated carbocycles. The molecule has 2 aromatic carbocycles. The smallest absolute Gasteiger partial charge is 0.207 e. The predicted molar refractivity (Wildman–Crippen MR) is 109 cm³/mol. The van der Waals surface area contributed by atoms with E-state index in [0.29, 0.717) is 30.4 Å². The number of nitrogens with zero attached hydrogens (tertiary/aromatic N) is 3. The zero-order valence-electron chi connectivity index (χ0n) is 15.8. The lowest BCUT2D eigenvalue weighted by Crippen LogP contribution is -2.65. The molecule has 2 atom stereocenters. The van der Waals surface area contributed by atoms with Crippen molar-refractivity contribution in [1.29, 1.82) is 5.26 Å². The summed E-state index contributed by atoms with van der Waals surface area (Å²) >= 11 is 6.07. The second-order valence-corrected chi connectivity index (χ2v) is 7.40. The van der Waals surface area contributed by atoms with Crippen LogP contribution in [0.4, 0.5) is 0 Å². The van der Waals surface area contributed by atoms with E-state index in [9.17, 15) is 5.11 Å². The van der Waals surface area contributed by atoms with Crippen molar-refractivity contribution in [3.63, 3.8) is 0 Å². The quantitative estimate of drug-likeness (QED) is 0.622. The van der Waals surface area contributed by atoms with Gasteiger partial charge in [-0.1, -0.05) is 41.9 Å². The first kappa shape index (κ1) is 20.2. The summed E-state index contributed by atoms with van der Waals surface area (Å²) in [6.07, 6.45) is -0.628. The first-order valence-corrected chi connectivity index (χ1v) is 9.55. The van der Waals surface area contributed by atoms with E-state index in [0.717, 1.165) is 16.6 Å². The summed E-state index contributed by atoms with van der Waals surface area (Å²) in [5.74, 6) is 0.810. The minimum atomic E-state index is -0.628. The number of hydrogen-bond acceptors (Lipinski definition) is 5. The van der Waals surface area contributed by atoms with Gasteiger partial charge in [0.1, 0.15) is 11.4 Å². The number of halogens is 1. The Bertz CT molecular complexity index is 998. The molecule has 7 heteroatoms. The Labute approximate surface area is 169 Å². The maximum Gasteiger partial charge on any atom is 0.207 e. The SMILES string of the molecule is C[C@@H]1CN(C(O)c2ccccc2)CCN1/C([NH3+])=c1\ccc(C#N)c\c1=C(\N)Cl. The van der Waals surface area contributed by atoms with Gasteiger partial charge in [0.2, 0.25) is 5.82 Å². The fraction of sp³-hybridized carbons (Fsp3) is 0.286. The summed E-state index contributed by atoms with van der Waals surface area (Å²) < 4.78 is 0. The maximum atomic E-state index is 10.7. The van der Waals surface area contributed by atoms with Crippen LogP contribution in [0.5, 0.6) is 0 Å². The fourth-order valence-electron chi connectivity index (χ4n) is 3.66. The average molecular weight is 399 g/mol. The van der Waals surface area contributed by atoms with E-state index in [-0.39, 0.29) is 11.2 Å². The Morgan fingerprint density at radius 1 is 1.25 bits per heavy atom. The van der Waals surface area contributed by atoms with Crippen LogP contribution in [0.25, 0.3) is 11.0 Å². The zero-order valence-corrected chi connectivity index (χ0v) is 16.6. The second kappa shape index (κ2) is 8.63. The standard InChI is InChI=1S/C21H24ClN5O/c1-14-13-26(21(28)16-5-3-2-4-6-16)9-10-27(14)20(25)17-8-7-15(12-23)11-18(17)19(22)24/h2-8,11,14,21,28H,9-10,13,24-25H2,1H3/p+1/b19-18-,20-17+/t14-,21?/m1/s1. The van der Waals surface area contributed by atoms with E-state index < -0.39 is 6.23 Å². The molecule has 6 N–H and O–H groups in total. The summed E-state index contributed by atoms with van der Waals surface area (Å²) in [6.45, 7) is 4.21. The molecule has 1 heterocycles. The Balaban J connectivity index is 1.88. The second-order valence-electron chi connectivity index (χ2n) is 6.99. The maximum absolute atomic E-state index is 10.7. The lowest BCUT2D eigenvalue weighted by atomic mass is 10.1. The van der Waals surface area contributed by atoms with Crippen LogP contribution in [-0.4, -0.2) is 40.6 Å². The highest BCUT2D eigenvalue weighted by Crippen LogP contribution is 2.22. The summed E-state index contributed by atoms with van der Waals surface area (Å²) in [5, 5.41) is 21.4. The van der Waals surface area contributed by atoms with E-state index >= 15 is 0 Å². The third kappa shape index (κ3) is 4.13. The highest BCUT2D eigenvalue weighted by atomic mass is 35.5. The largest absolute Gasteiger partial charge is 0.389 e. The molecule has 28 heavy (non-hydrogen) atoms. The molecule has 0 radical (unpaired) electrons. The molecule has 1 saturated heterocycles. The van der Waals surface area contributed by atoms with Crippen molar-refractivity contribution < 1.29 is 10.8 Å². The molecule has 1 aliphatic rings. The molecule has 0 spiro atoms. The van der Waals surface area contributed by atoms with Gasteiger partial charge in [-0.25, -0.2) is 0 Å². The van der Waals surface area contributed by atoms with Crippen LogP contribution >= 0.6 is 11.6 Å². The Morgan fingerprint density at radius 3 is 2.57 bits per heavy atom. The minimum absolute atomic E-state index is 0.138. The molecule has 1 aliphatic heterocycles. The van der Waals surface area contributed by atoms with E-state index in [1.165, 1.54) is 0 Å². The number of benzene rings is 2. The van der Waals surface area contributed by atoms with Gasteiger partial charge in [0, 0.05) is 30.9 Å². The third-order valence-corrected chi connectivity index (χ3v) is 5.37. The van der Waals surface area contributed by atoms with Gasteiger partial charge >= 0.3 is 0 Å². The lowest BCUT2D eigenvalue weighted by Gasteiger charge is -2.41. The van der Waals surface area contributed by atoms with Crippen LogP contribution in [0.3, 0.4) is 0 Å². The Morgan fingerprint density at radius 2 is 1.96 bits per heavy atom. The van der Waals surface area contributed by atoms with Crippen LogP contribution in [0.1, 0.15) is 24.3 Å². The van der Waals surface area contributed by atoms with Crippen molar-refractivity contribution in [2.75, 3.05) is 19.6 Å². The molecule has 3 rings (SSSR count). The van der Waals surface area contributed by atoms with Crippen LogP contribution in [0.15, 0.2) is 48.5 Å². The normalized spacial score (nSPS) is 21.0. The lowest BCUT2D eigenvalue weighted by molar-refractivity contribution is -0.277. The Hall–Kier alpha value is -2.56. The molecule has 1 fully saturated rings. The zero-order chi connectivity index (χ0) is 20.3. The van der Waals surface area contributed by atoms with Crippen molar-refractivity contribution in [3.8, 4) is 6.07 Å². The number of aliphatic hydroxyl groups is 1. The van der Waals surface area contributed by atoms with E-state index in [1.807, 2.05) is 36.4 Å². The average Bonchev–Trinajstić information content (AvgIpc) is 2.72. The number of nitrogens with two attached hydrogens (primary N) is 1. The van der Waals surface area contributed by atoms with Gasteiger partial charge in [-0.05, 0) is 30.7 Å². The molecule has 0 aromatic heterocycles. The minimum Gasteiger partial charge on any atom is -0.389 e. The molecule has 1 unspecified atom stereocenters. The topological polar surface area (TPSA) is 104 Å². The van der Waals surface area contributed by atoms with Gasteiger partial charge in [-0.2, -0.15) is 5.26 Å². The number of aliphatic hydroxyl groups excluding tert-OH is 1. The van der Waals surface area contributed by atoms with Crippen LogP contribution in [0, 0.1) is 11.3 Å². The van der Waals surface area contributed by atoms with Gasteiger partial charge in [0.15, 0.2) is 0 Å². The predicted octanol–water partition coefficient (Wildman–Crippen LogP) is -0.174. The highest BCUT2D eigenvalue weighted by molar-refractivity contribution is 6.44. The number of quaternary nitrogens is 1. The molecule has 146 valence electrons. The number of rotatable bonds is 3. The van der Waals surface area contributed by atoms with Crippen molar-refractivity contribution >= 4 is 22.6 Å². The van der Waals surface area contributed by atoms with Crippen molar-refractivity contribution in [2.24, 2.45) is 5.73 Å². The van der Waals surface area contributed by atoms with Crippen molar-refractivity contribution in [1.82, 2.24) is 9.80 Å². The number of nitriles is 1. The summed E-state index contributed by atoms with van der Waals surface area (Å²) in [5.41, 5.74) is 11.5. The van der Waals surface area contributed by atoms with E-state index in [4.69, 9.17) is 22.6 Å². The number of piperazine rings is 1. The first-order valence-electron chi connectivity index (χ1n) is 9.17. The van der Waals surface area contributed by atoms with Gasteiger partial charge in [0.05, 0.1) is 16.9 Å². The van der Waals surface area contributed by atoms with E-state index in [1.54, 1.807) is 12.1 Å². The van der Waals surface area contributed by atoms with Crippen LogP contribution in [0.2, 0.25) is 0 Å². The molecular formula is C21H25ClN5O+. The van der Waals surface area contributed by atoms with Crippen molar-refractivity contribution in [2.45, 2.75) is 19.2 Å². The third-order valence-electron chi connectivity index (χ3n) is 5.17. The summed E-state index contributed by atoms with van der Waals surface area (Å²) in [4.78, 5) is 4.25. The van der Waals surface area contributed by atoms with Gasteiger partial charge in [-0.15, -0.1) is 0 Å². The highest BCUT2D eigenvalue weighted by Gasteiger charge is 2.30. The summed E-state index contributed by atoms with van der Waals surface area (Å²) in [7, 11) is 0.